The molecule has 2 nitrogen and oxygen atoms in total. The molecule has 1 amide bonds. The van der Waals surface area contributed by atoms with Crippen molar-refractivity contribution < 1.29 is 18.0 Å². The lowest BCUT2D eigenvalue weighted by Gasteiger charge is -2.11. The first-order chi connectivity index (χ1) is 7.92. The molecule has 0 saturated heterocycles. The number of anilines is 1. The molecule has 1 N–H and O–H groups in total. The fourth-order valence-electron chi connectivity index (χ4n) is 1.38. The molecule has 0 unspecified atom stereocenters. The van der Waals surface area contributed by atoms with Crippen molar-refractivity contribution in [1.29, 1.82) is 0 Å². The summed E-state index contributed by atoms with van der Waals surface area (Å²) in [6.45, 7) is 1.69. The summed E-state index contributed by atoms with van der Waals surface area (Å²) < 4.78 is 36.3. The zero-order valence-electron chi connectivity index (χ0n) is 9.47. The summed E-state index contributed by atoms with van der Waals surface area (Å²) in [5.41, 5.74) is 0.968. The lowest BCUT2D eigenvalue weighted by atomic mass is 10.1. The third-order valence-electron chi connectivity index (χ3n) is 2.29. The molecule has 1 aromatic carbocycles. The van der Waals surface area contributed by atoms with Crippen molar-refractivity contribution in [2.45, 2.75) is 32.4 Å². The van der Waals surface area contributed by atoms with Crippen molar-refractivity contribution in [3.05, 3.63) is 29.8 Å². The molecule has 0 heterocycles. The first-order valence-electron chi connectivity index (χ1n) is 5.37. The van der Waals surface area contributed by atoms with Crippen LogP contribution in [0, 0.1) is 0 Å². The van der Waals surface area contributed by atoms with Crippen LogP contribution >= 0.6 is 0 Å². The van der Waals surface area contributed by atoms with Gasteiger partial charge in [-0.25, -0.2) is 0 Å². The molecule has 0 atom stereocenters. The van der Waals surface area contributed by atoms with Crippen molar-refractivity contribution in [3.63, 3.8) is 0 Å². The largest absolute Gasteiger partial charge is 0.389 e. The van der Waals surface area contributed by atoms with Crippen LogP contribution in [-0.4, -0.2) is 12.1 Å². The number of alkyl halides is 3. The summed E-state index contributed by atoms with van der Waals surface area (Å²) in [5.74, 6) is -0.204. The molecule has 0 spiro atoms. The molecule has 0 aliphatic heterocycles. The fraction of sp³-hybridized carbons (Fsp3) is 0.417. The van der Waals surface area contributed by atoms with E-state index in [2.05, 4.69) is 5.32 Å². The smallest absolute Gasteiger partial charge is 0.326 e. The van der Waals surface area contributed by atoms with E-state index in [1.165, 1.54) is 0 Å². The summed E-state index contributed by atoms with van der Waals surface area (Å²) >= 11 is 0. The standard InChI is InChI=1S/C12H14F3NO/c1-2-11(17)16-10-6-4-3-5-9(10)7-8-12(13,14)15/h3-6H,2,7-8H2,1H3,(H,16,17). The van der Waals surface area contributed by atoms with Crippen molar-refractivity contribution in [1.82, 2.24) is 0 Å². The van der Waals surface area contributed by atoms with E-state index in [0.717, 1.165) is 0 Å². The number of hydrogen-bond donors (Lipinski definition) is 1. The van der Waals surface area contributed by atoms with Gasteiger partial charge in [0, 0.05) is 18.5 Å². The predicted molar refractivity (Wildman–Crippen MR) is 59.7 cm³/mol. The number of halogens is 3. The van der Waals surface area contributed by atoms with Crippen LogP contribution in [0.1, 0.15) is 25.3 Å². The Balaban J connectivity index is 2.74. The number of amides is 1. The third-order valence-corrected chi connectivity index (χ3v) is 2.29. The lowest BCUT2D eigenvalue weighted by molar-refractivity contribution is -0.133. The van der Waals surface area contributed by atoms with Gasteiger partial charge in [-0.2, -0.15) is 13.2 Å². The average Bonchev–Trinajstić information content (AvgIpc) is 2.26. The number of nitrogens with one attached hydrogen (secondary N) is 1. The summed E-state index contributed by atoms with van der Waals surface area (Å²) in [7, 11) is 0. The molecule has 1 aromatic rings. The molecular formula is C12H14F3NO. The van der Waals surface area contributed by atoms with Crippen LogP contribution in [0.15, 0.2) is 24.3 Å². The van der Waals surface area contributed by atoms with E-state index in [9.17, 15) is 18.0 Å². The highest BCUT2D eigenvalue weighted by Gasteiger charge is 2.26. The Morgan fingerprint density at radius 3 is 2.53 bits per heavy atom. The summed E-state index contributed by atoms with van der Waals surface area (Å²) in [6.07, 6.45) is -4.88. The topological polar surface area (TPSA) is 29.1 Å². The Hall–Kier alpha value is -1.52. The van der Waals surface area contributed by atoms with E-state index in [1.807, 2.05) is 0 Å². The lowest BCUT2D eigenvalue weighted by Crippen LogP contribution is -2.13. The number of aryl methyl sites for hydroxylation is 1. The summed E-state index contributed by atoms with van der Waals surface area (Å²) in [5, 5.41) is 2.59. The van der Waals surface area contributed by atoms with Crippen LogP contribution in [-0.2, 0) is 11.2 Å². The Labute approximate surface area is 97.8 Å². The molecule has 1 rings (SSSR count). The second-order valence-electron chi connectivity index (χ2n) is 3.67. The second kappa shape index (κ2) is 5.70. The van der Waals surface area contributed by atoms with Gasteiger partial charge in [-0.1, -0.05) is 25.1 Å². The Kier molecular flexibility index (Phi) is 4.54. The van der Waals surface area contributed by atoms with E-state index < -0.39 is 12.6 Å². The normalized spacial score (nSPS) is 11.3. The summed E-state index contributed by atoms with van der Waals surface area (Å²) in [6, 6.07) is 6.55. The van der Waals surface area contributed by atoms with Gasteiger partial charge in [0.25, 0.3) is 0 Å². The fourth-order valence-corrected chi connectivity index (χ4v) is 1.38. The molecule has 17 heavy (non-hydrogen) atoms. The molecule has 94 valence electrons. The van der Waals surface area contributed by atoms with Gasteiger partial charge < -0.3 is 5.32 Å². The van der Waals surface area contributed by atoms with Crippen molar-refractivity contribution >= 4 is 11.6 Å². The maximum Gasteiger partial charge on any atom is 0.389 e. The number of carbonyl (C=O) groups excluding carboxylic acids is 1. The van der Waals surface area contributed by atoms with E-state index in [0.29, 0.717) is 17.7 Å². The molecule has 0 bridgehead atoms. The maximum atomic E-state index is 12.1. The van der Waals surface area contributed by atoms with Crippen molar-refractivity contribution in [2.75, 3.05) is 5.32 Å². The molecule has 0 aromatic heterocycles. The van der Waals surface area contributed by atoms with Gasteiger partial charge in [0.15, 0.2) is 0 Å². The zero-order valence-corrected chi connectivity index (χ0v) is 9.47. The van der Waals surface area contributed by atoms with Gasteiger partial charge in [-0.3, -0.25) is 4.79 Å². The van der Waals surface area contributed by atoms with Crippen LogP contribution in [0.2, 0.25) is 0 Å². The summed E-state index contributed by atoms with van der Waals surface area (Å²) in [4.78, 5) is 11.2. The van der Waals surface area contributed by atoms with Gasteiger partial charge >= 0.3 is 6.18 Å². The first-order valence-corrected chi connectivity index (χ1v) is 5.37. The van der Waals surface area contributed by atoms with E-state index in [4.69, 9.17) is 0 Å². The van der Waals surface area contributed by atoms with Gasteiger partial charge in [0.05, 0.1) is 0 Å². The maximum absolute atomic E-state index is 12.1. The van der Waals surface area contributed by atoms with Crippen molar-refractivity contribution in [2.24, 2.45) is 0 Å². The van der Waals surface area contributed by atoms with Gasteiger partial charge in [-0.05, 0) is 18.1 Å². The van der Waals surface area contributed by atoms with Crippen LogP contribution in [0.5, 0.6) is 0 Å². The minimum atomic E-state index is -4.18. The number of rotatable bonds is 4. The zero-order chi connectivity index (χ0) is 12.9. The Bertz CT molecular complexity index is 388. The first kappa shape index (κ1) is 13.5. The number of hydrogen-bond acceptors (Lipinski definition) is 1. The highest BCUT2D eigenvalue weighted by atomic mass is 19.4. The molecule has 0 aliphatic rings. The highest BCUT2D eigenvalue weighted by molar-refractivity contribution is 5.91. The van der Waals surface area contributed by atoms with E-state index >= 15 is 0 Å². The molecule has 0 fully saturated rings. The number of benzene rings is 1. The van der Waals surface area contributed by atoms with Crippen LogP contribution in [0.3, 0.4) is 0 Å². The van der Waals surface area contributed by atoms with Crippen LogP contribution in [0.25, 0.3) is 0 Å². The van der Waals surface area contributed by atoms with Gasteiger partial charge in [0.1, 0.15) is 0 Å². The average molecular weight is 245 g/mol. The molecule has 0 saturated carbocycles. The van der Waals surface area contributed by atoms with E-state index in [-0.39, 0.29) is 12.3 Å². The van der Waals surface area contributed by atoms with Crippen LogP contribution < -0.4 is 5.32 Å². The Morgan fingerprint density at radius 2 is 1.94 bits per heavy atom. The van der Waals surface area contributed by atoms with E-state index in [1.54, 1.807) is 31.2 Å². The monoisotopic (exact) mass is 245 g/mol. The Morgan fingerprint density at radius 1 is 1.29 bits per heavy atom. The van der Waals surface area contributed by atoms with Gasteiger partial charge in [0.2, 0.25) is 5.91 Å². The van der Waals surface area contributed by atoms with Crippen molar-refractivity contribution in [3.8, 4) is 0 Å². The molecule has 0 aliphatic carbocycles. The quantitative estimate of drug-likeness (QED) is 0.863. The highest BCUT2D eigenvalue weighted by Crippen LogP contribution is 2.25. The molecule has 5 heteroatoms. The SMILES string of the molecule is CCC(=O)Nc1ccccc1CCC(F)(F)F. The third kappa shape index (κ3) is 4.89. The number of carbonyl (C=O) groups is 1. The van der Waals surface area contributed by atoms with Crippen LogP contribution in [0.4, 0.5) is 18.9 Å². The second-order valence-corrected chi connectivity index (χ2v) is 3.67. The molecular weight excluding hydrogens is 231 g/mol. The van der Waals surface area contributed by atoms with Gasteiger partial charge in [-0.15, -0.1) is 0 Å². The predicted octanol–water partition coefficient (Wildman–Crippen LogP) is 3.53. The number of para-hydroxylation sites is 1. The minimum absolute atomic E-state index is 0.121. The molecule has 0 radical (unpaired) electrons. The minimum Gasteiger partial charge on any atom is -0.326 e.